The average Bonchev–Trinajstić information content (AvgIpc) is 3.35. The fourth-order valence-corrected chi connectivity index (χ4v) is 3.79. The van der Waals surface area contributed by atoms with E-state index in [1.54, 1.807) is 6.07 Å². The van der Waals surface area contributed by atoms with Crippen molar-refractivity contribution >= 4 is 5.91 Å². The van der Waals surface area contributed by atoms with Gasteiger partial charge in [0.25, 0.3) is 5.91 Å². The number of halogens is 3. The maximum absolute atomic E-state index is 12.7. The van der Waals surface area contributed by atoms with E-state index < -0.39 is 11.7 Å². The number of hydrogen-bond donors (Lipinski definition) is 1. The van der Waals surface area contributed by atoms with Crippen LogP contribution >= 0.6 is 0 Å². The molecule has 1 saturated heterocycles. The number of benzene rings is 1. The Kier molecular flexibility index (Phi) is 4.13. The number of aromatic nitrogens is 2. The second-order valence-electron chi connectivity index (χ2n) is 6.88. The molecule has 2 fully saturated rings. The van der Waals surface area contributed by atoms with Crippen molar-refractivity contribution in [3.63, 3.8) is 0 Å². The molecule has 0 spiro atoms. The van der Waals surface area contributed by atoms with Crippen LogP contribution in [0.4, 0.5) is 13.2 Å². The van der Waals surface area contributed by atoms with Gasteiger partial charge in [-0.3, -0.25) is 9.89 Å². The first-order chi connectivity index (χ1) is 12.4. The maximum atomic E-state index is 12.7. The lowest BCUT2D eigenvalue weighted by Crippen LogP contribution is -2.37. The molecule has 5 nitrogen and oxygen atoms in total. The van der Waals surface area contributed by atoms with Crippen molar-refractivity contribution in [3.05, 3.63) is 47.3 Å². The van der Waals surface area contributed by atoms with Crippen molar-refractivity contribution in [2.45, 2.75) is 38.1 Å². The van der Waals surface area contributed by atoms with Gasteiger partial charge in [-0.1, -0.05) is 6.07 Å². The fraction of sp³-hybridized carbons (Fsp3) is 0.444. The Balaban J connectivity index is 1.39. The highest BCUT2D eigenvalue weighted by Gasteiger charge is 2.41. The zero-order valence-corrected chi connectivity index (χ0v) is 13.9. The summed E-state index contributed by atoms with van der Waals surface area (Å²) in [5, 5.41) is 6.76. The molecule has 2 atom stereocenters. The van der Waals surface area contributed by atoms with E-state index >= 15 is 0 Å². The maximum Gasteiger partial charge on any atom is 0.416 e. The largest absolute Gasteiger partial charge is 0.487 e. The minimum atomic E-state index is -4.41. The molecule has 1 aliphatic carbocycles. The molecule has 4 rings (SSSR count). The van der Waals surface area contributed by atoms with Crippen LogP contribution < -0.4 is 4.74 Å². The molecular formula is C18H18F3N3O2. The summed E-state index contributed by atoms with van der Waals surface area (Å²) in [6.45, 7) is 0.792. The summed E-state index contributed by atoms with van der Waals surface area (Å²) >= 11 is 0. The lowest BCUT2D eigenvalue weighted by Gasteiger charge is -2.26. The van der Waals surface area contributed by atoms with Crippen molar-refractivity contribution in [2.24, 2.45) is 5.92 Å². The number of hydrogen-bond acceptors (Lipinski definition) is 3. The summed E-state index contributed by atoms with van der Waals surface area (Å²) in [6.07, 6.45) is -1.11. The molecule has 1 aromatic carbocycles. The van der Waals surface area contributed by atoms with Gasteiger partial charge in [-0.25, -0.2) is 0 Å². The third-order valence-corrected chi connectivity index (χ3v) is 5.08. The summed E-state index contributed by atoms with van der Waals surface area (Å²) < 4.78 is 43.6. The molecule has 2 aromatic rings. The van der Waals surface area contributed by atoms with Crippen LogP contribution in [0.25, 0.3) is 0 Å². The van der Waals surface area contributed by atoms with Gasteiger partial charge < -0.3 is 9.64 Å². The minimum Gasteiger partial charge on any atom is -0.487 e. The Morgan fingerprint density at radius 1 is 1.31 bits per heavy atom. The molecule has 1 N–H and O–H groups in total. The van der Waals surface area contributed by atoms with Crippen LogP contribution in [-0.4, -0.2) is 33.6 Å². The van der Waals surface area contributed by atoms with E-state index in [1.165, 1.54) is 18.6 Å². The first-order valence-electron chi connectivity index (χ1n) is 8.55. The second kappa shape index (κ2) is 6.34. The molecule has 1 saturated carbocycles. The Labute approximate surface area is 148 Å². The molecule has 26 heavy (non-hydrogen) atoms. The predicted molar refractivity (Wildman–Crippen MR) is 86.5 cm³/mol. The third kappa shape index (κ3) is 3.27. The van der Waals surface area contributed by atoms with Crippen LogP contribution in [0.2, 0.25) is 0 Å². The quantitative estimate of drug-likeness (QED) is 0.900. The van der Waals surface area contributed by atoms with E-state index in [-0.39, 0.29) is 18.3 Å². The van der Waals surface area contributed by atoms with Gasteiger partial charge in [0, 0.05) is 12.6 Å². The van der Waals surface area contributed by atoms with E-state index in [9.17, 15) is 18.0 Å². The zero-order valence-electron chi connectivity index (χ0n) is 13.9. The van der Waals surface area contributed by atoms with Gasteiger partial charge in [0.05, 0.1) is 11.3 Å². The van der Waals surface area contributed by atoms with Crippen molar-refractivity contribution in [1.29, 1.82) is 0 Å². The molecule has 8 heteroatoms. The molecule has 138 valence electrons. The van der Waals surface area contributed by atoms with Gasteiger partial charge in [0.1, 0.15) is 12.4 Å². The molecule has 1 aliphatic heterocycles. The number of likely N-dealkylation sites (tertiary alicyclic amines) is 1. The SMILES string of the molecule is O=C(c1cc(COc2cccc(C(F)(F)F)c2)[nH]n1)N1C[C@H]2CC[C@H]1C2. The molecule has 2 bridgehead atoms. The van der Waals surface area contributed by atoms with Crippen LogP contribution in [0.5, 0.6) is 5.75 Å². The monoisotopic (exact) mass is 365 g/mol. The number of carbonyl (C=O) groups is 1. The summed E-state index contributed by atoms with van der Waals surface area (Å²) in [5.74, 6) is 0.615. The molecular weight excluding hydrogens is 347 g/mol. The molecule has 1 aromatic heterocycles. The molecule has 1 amide bonds. The van der Waals surface area contributed by atoms with Gasteiger partial charge in [-0.05, 0) is 49.4 Å². The highest BCUT2D eigenvalue weighted by atomic mass is 19.4. The van der Waals surface area contributed by atoms with Gasteiger partial charge in [-0.15, -0.1) is 0 Å². The highest BCUT2D eigenvalue weighted by molar-refractivity contribution is 5.92. The number of H-pyrrole nitrogens is 1. The summed E-state index contributed by atoms with van der Waals surface area (Å²) in [7, 11) is 0. The summed E-state index contributed by atoms with van der Waals surface area (Å²) in [4.78, 5) is 14.4. The number of alkyl halides is 3. The van der Waals surface area contributed by atoms with Crippen molar-refractivity contribution < 1.29 is 22.7 Å². The first-order valence-corrected chi connectivity index (χ1v) is 8.55. The Morgan fingerprint density at radius 3 is 2.85 bits per heavy atom. The Morgan fingerprint density at radius 2 is 2.15 bits per heavy atom. The zero-order chi connectivity index (χ0) is 18.3. The predicted octanol–water partition coefficient (Wildman–Crippen LogP) is 3.63. The number of nitrogens with zero attached hydrogens (tertiary/aromatic N) is 2. The molecule has 0 radical (unpaired) electrons. The standard InChI is InChI=1S/C18H18F3N3O2/c19-18(20,21)12-2-1-3-15(7-12)26-10-13-8-16(23-22-13)17(25)24-9-11-4-5-14(24)6-11/h1-3,7-8,11,14H,4-6,9-10H2,(H,22,23)/t11-,14-/m0/s1. The molecule has 2 aliphatic rings. The van der Waals surface area contributed by atoms with E-state index in [0.29, 0.717) is 23.3 Å². The summed E-state index contributed by atoms with van der Waals surface area (Å²) in [6, 6.07) is 6.60. The smallest absolute Gasteiger partial charge is 0.416 e. The lowest BCUT2D eigenvalue weighted by molar-refractivity contribution is -0.137. The van der Waals surface area contributed by atoms with E-state index in [2.05, 4.69) is 10.2 Å². The lowest BCUT2D eigenvalue weighted by atomic mass is 10.1. The number of fused-ring (bicyclic) bond motifs is 2. The van der Waals surface area contributed by atoms with Gasteiger partial charge in [0.15, 0.2) is 5.69 Å². The van der Waals surface area contributed by atoms with Crippen LogP contribution in [0.3, 0.4) is 0 Å². The van der Waals surface area contributed by atoms with Crippen molar-refractivity contribution in [1.82, 2.24) is 15.1 Å². The molecule has 2 heterocycles. The number of amides is 1. The van der Waals surface area contributed by atoms with Crippen molar-refractivity contribution in [3.8, 4) is 5.75 Å². The van der Waals surface area contributed by atoms with Crippen LogP contribution in [0.1, 0.15) is 41.0 Å². The normalized spacial score (nSPS) is 22.0. The Bertz CT molecular complexity index is 818. The van der Waals surface area contributed by atoms with E-state index in [0.717, 1.165) is 31.5 Å². The van der Waals surface area contributed by atoms with Gasteiger partial charge >= 0.3 is 6.18 Å². The highest BCUT2D eigenvalue weighted by Crippen LogP contribution is 2.38. The van der Waals surface area contributed by atoms with Crippen LogP contribution in [-0.2, 0) is 12.8 Å². The van der Waals surface area contributed by atoms with Crippen molar-refractivity contribution in [2.75, 3.05) is 6.54 Å². The Hall–Kier alpha value is -2.51. The first kappa shape index (κ1) is 16.9. The van der Waals surface area contributed by atoms with Gasteiger partial charge in [0.2, 0.25) is 0 Å². The van der Waals surface area contributed by atoms with E-state index in [4.69, 9.17) is 4.74 Å². The fourth-order valence-electron chi connectivity index (χ4n) is 3.79. The van der Waals surface area contributed by atoms with Crippen LogP contribution in [0.15, 0.2) is 30.3 Å². The number of piperidine rings is 1. The van der Waals surface area contributed by atoms with Gasteiger partial charge in [-0.2, -0.15) is 18.3 Å². The number of carbonyl (C=O) groups excluding carboxylic acids is 1. The number of aromatic amines is 1. The second-order valence-corrected chi connectivity index (χ2v) is 6.88. The number of rotatable bonds is 4. The number of ether oxygens (including phenoxy) is 1. The third-order valence-electron chi connectivity index (χ3n) is 5.08. The minimum absolute atomic E-state index is 0.00758. The average molecular weight is 365 g/mol. The van der Waals surface area contributed by atoms with Crippen LogP contribution in [0, 0.1) is 5.92 Å². The summed E-state index contributed by atoms with van der Waals surface area (Å²) in [5.41, 5.74) is 0.0925. The van der Waals surface area contributed by atoms with E-state index in [1.807, 2.05) is 4.90 Å². The molecule has 0 unspecified atom stereocenters. The topological polar surface area (TPSA) is 58.2 Å². The number of nitrogens with one attached hydrogen (secondary N) is 1.